The molecule has 126 valence electrons. The Morgan fingerprint density at radius 2 is 1.27 bits per heavy atom. The first-order valence-electron chi connectivity index (χ1n) is 10.3. The van der Waals surface area contributed by atoms with Crippen LogP contribution < -0.4 is 0 Å². The maximum absolute atomic E-state index is 4.00. The third kappa shape index (κ3) is 3.80. The van der Waals surface area contributed by atoms with Crippen molar-refractivity contribution in [1.82, 2.24) is 0 Å². The Morgan fingerprint density at radius 1 is 0.682 bits per heavy atom. The van der Waals surface area contributed by atoms with Crippen LogP contribution in [-0.4, -0.2) is 0 Å². The van der Waals surface area contributed by atoms with Crippen molar-refractivity contribution in [2.24, 2.45) is 41.4 Å². The Balaban J connectivity index is 1.49. The SMILES string of the molecule is C=CC1CCC(C2CCC(C3CCC(C)CC3)CC2C)CC1. The zero-order chi connectivity index (χ0) is 15.5. The summed E-state index contributed by atoms with van der Waals surface area (Å²) in [4.78, 5) is 0. The summed E-state index contributed by atoms with van der Waals surface area (Å²) in [6.07, 6.45) is 18.7. The smallest absolute Gasteiger partial charge is 0.0236 e. The third-order valence-electron chi connectivity index (χ3n) is 7.76. The van der Waals surface area contributed by atoms with Crippen molar-refractivity contribution < 1.29 is 0 Å². The highest BCUT2D eigenvalue weighted by atomic mass is 14.4. The molecule has 0 bridgehead atoms. The number of hydrogen-bond acceptors (Lipinski definition) is 0. The van der Waals surface area contributed by atoms with Crippen LogP contribution in [0.15, 0.2) is 12.7 Å². The minimum atomic E-state index is 0.826. The van der Waals surface area contributed by atoms with E-state index in [1.54, 1.807) is 19.3 Å². The van der Waals surface area contributed by atoms with Crippen molar-refractivity contribution in [2.75, 3.05) is 0 Å². The predicted octanol–water partition coefficient (Wildman–Crippen LogP) is 6.86. The molecule has 0 amide bonds. The number of allylic oxidation sites excluding steroid dienone is 1. The van der Waals surface area contributed by atoms with Gasteiger partial charge in [0.2, 0.25) is 0 Å². The van der Waals surface area contributed by atoms with E-state index in [-0.39, 0.29) is 0 Å². The van der Waals surface area contributed by atoms with Crippen molar-refractivity contribution in [1.29, 1.82) is 0 Å². The summed E-state index contributed by atoms with van der Waals surface area (Å²) < 4.78 is 0. The molecule has 3 rings (SSSR count). The van der Waals surface area contributed by atoms with Crippen molar-refractivity contribution in [3.8, 4) is 0 Å². The quantitative estimate of drug-likeness (QED) is 0.500. The van der Waals surface area contributed by atoms with Crippen molar-refractivity contribution in [2.45, 2.75) is 84.5 Å². The van der Waals surface area contributed by atoms with Crippen molar-refractivity contribution in [3.05, 3.63) is 12.7 Å². The molecular formula is C22H38. The van der Waals surface area contributed by atoms with E-state index < -0.39 is 0 Å². The van der Waals surface area contributed by atoms with Gasteiger partial charge in [-0.3, -0.25) is 0 Å². The maximum Gasteiger partial charge on any atom is -0.0236 e. The summed E-state index contributed by atoms with van der Waals surface area (Å²) >= 11 is 0. The molecule has 3 aliphatic rings. The Labute approximate surface area is 139 Å². The molecule has 3 unspecified atom stereocenters. The van der Waals surface area contributed by atoms with Crippen molar-refractivity contribution >= 4 is 0 Å². The molecule has 3 aliphatic carbocycles. The molecule has 3 fully saturated rings. The first-order chi connectivity index (χ1) is 10.7. The first-order valence-corrected chi connectivity index (χ1v) is 10.3. The lowest BCUT2D eigenvalue weighted by atomic mass is 9.61. The lowest BCUT2D eigenvalue weighted by Crippen LogP contribution is -2.34. The lowest BCUT2D eigenvalue weighted by molar-refractivity contribution is 0.0672. The first kappa shape index (κ1) is 16.6. The minimum Gasteiger partial charge on any atom is -0.103 e. The predicted molar refractivity (Wildman–Crippen MR) is 96.8 cm³/mol. The second kappa shape index (κ2) is 7.54. The van der Waals surface area contributed by atoms with Gasteiger partial charge in [-0.15, -0.1) is 6.58 Å². The zero-order valence-corrected chi connectivity index (χ0v) is 15.1. The second-order valence-corrected chi connectivity index (χ2v) is 9.14. The average molecular weight is 303 g/mol. The summed E-state index contributed by atoms with van der Waals surface area (Å²) in [7, 11) is 0. The Morgan fingerprint density at radius 3 is 1.86 bits per heavy atom. The van der Waals surface area contributed by atoms with Gasteiger partial charge < -0.3 is 0 Å². The highest BCUT2D eigenvalue weighted by Crippen LogP contribution is 2.48. The third-order valence-corrected chi connectivity index (χ3v) is 7.76. The van der Waals surface area contributed by atoms with Crippen LogP contribution in [0.4, 0.5) is 0 Å². The van der Waals surface area contributed by atoms with Crippen LogP contribution in [0.2, 0.25) is 0 Å². The van der Waals surface area contributed by atoms with Crippen LogP contribution in [-0.2, 0) is 0 Å². The summed E-state index contributed by atoms with van der Waals surface area (Å²) in [5.74, 6) is 7.06. The van der Waals surface area contributed by atoms with Crippen LogP contribution in [0.1, 0.15) is 84.5 Å². The number of rotatable bonds is 3. The van der Waals surface area contributed by atoms with Gasteiger partial charge >= 0.3 is 0 Å². The van der Waals surface area contributed by atoms with Crippen LogP contribution in [0.3, 0.4) is 0 Å². The van der Waals surface area contributed by atoms with E-state index in [4.69, 9.17) is 0 Å². The van der Waals surface area contributed by atoms with Crippen molar-refractivity contribution in [3.63, 3.8) is 0 Å². The van der Waals surface area contributed by atoms with E-state index in [0.29, 0.717) is 0 Å². The molecule has 0 N–H and O–H groups in total. The lowest BCUT2D eigenvalue weighted by Gasteiger charge is -2.44. The van der Waals surface area contributed by atoms with Crippen LogP contribution in [0.5, 0.6) is 0 Å². The molecule has 0 aromatic heterocycles. The molecule has 3 saturated carbocycles. The highest BCUT2D eigenvalue weighted by Gasteiger charge is 2.37. The molecule has 0 spiro atoms. The average Bonchev–Trinajstić information content (AvgIpc) is 2.56. The molecular weight excluding hydrogens is 264 g/mol. The van der Waals surface area contributed by atoms with Crippen LogP contribution in [0.25, 0.3) is 0 Å². The van der Waals surface area contributed by atoms with Gasteiger partial charge in [-0.25, -0.2) is 0 Å². The summed E-state index contributed by atoms with van der Waals surface area (Å²) in [6, 6.07) is 0. The van der Waals surface area contributed by atoms with Gasteiger partial charge in [0.15, 0.2) is 0 Å². The van der Waals surface area contributed by atoms with E-state index in [9.17, 15) is 0 Å². The monoisotopic (exact) mass is 302 g/mol. The van der Waals surface area contributed by atoms with E-state index >= 15 is 0 Å². The molecule has 22 heavy (non-hydrogen) atoms. The minimum absolute atomic E-state index is 0.826. The molecule has 0 nitrogen and oxygen atoms in total. The maximum atomic E-state index is 4.00. The molecule has 0 heteroatoms. The molecule has 0 aromatic rings. The van der Waals surface area contributed by atoms with Gasteiger partial charge in [0.05, 0.1) is 0 Å². The molecule has 3 atom stereocenters. The normalized spacial score (nSPS) is 47.1. The zero-order valence-electron chi connectivity index (χ0n) is 15.1. The van der Waals surface area contributed by atoms with Gasteiger partial charge in [0.25, 0.3) is 0 Å². The Bertz CT molecular complexity index is 341. The largest absolute Gasteiger partial charge is 0.103 e. The van der Waals surface area contributed by atoms with Gasteiger partial charge in [-0.2, -0.15) is 0 Å². The van der Waals surface area contributed by atoms with Crippen LogP contribution >= 0.6 is 0 Å². The van der Waals surface area contributed by atoms with Crippen LogP contribution in [0, 0.1) is 41.4 Å². The molecule has 0 aliphatic heterocycles. The van der Waals surface area contributed by atoms with E-state index in [1.807, 2.05) is 0 Å². The fraction of sp³-hybridized carbons (Fsp3) is 0.909. The highest BCUT2D eigenvalue weighted by molar-refractivity contribution is 4.90. The van der Waals surface area contributed by atoms with Gasteiger partial charge in [0, 0.05) is 0 Å². The van der Waals surface area contributed by atoms with E-state index in [0.717, 1.165) is 41.4 Å². The fourth-order valence-electron chi connectivity index (χ4n) is 6.16. The molecule has 0 radical (unpaired) electrons. The topological polar surface area (TPSA) is 0 Å². The van der Waals surface area contributed by atoms with E-state index in [1.165, 1.54) is 51.4 Å². The molecule has 0 heterocycles. The Hall–Kier alpha value is -0.260. The van der Waals surface area contributed by atoms with Gasteiger partial charge in [0.1, 0.15) is 0 Å². The Kier molecular flexibility index (Phi) is 5.69. The summed E-state index contributed by atoms with van der Waals surface area (Å²) in [5, 5.41) is 0. The molecule has 0 aromatic carbocycles. The number of hydrogen-bond donors (Lipinski definition) is 0. The fourth-order valence-corrected chi connectivity index (χ4v) is 6.16. The van der Waals surface area contributed by atoms with Gasteiger partial charge in [-0.1, -0.05) is 32.8 Å². The van der Waals surface area contributed by atoms with Gasteiger partial charge in [-0.05, 0) is 99.2 Å². The van der Waals surface area contributed by atoms with E-state index in [2.05, 4.69) is 26.5 Å². The summed E-state index contributed by atoms with van der Waals surface area (Å²) in [5.41, 5.74) is 0. The summed E-state index contributed by atoms with van der Waals surface area (Å²) in [6.45, 7) is 9.04. The standard InChI is InChI=1S/C22H38/c1-4-18-7-11-20(12-8-18)22-14-13-21(15-17(22)3)19-9-5-16(2)6-10-19/h4,16-22H,1,5-15H2,2-3H3. The second-order valence-electron chi connectivity index (χ2n) is 9.14. The molecule has 0 saturated heterocycles.